The molecule has 0 bridgehead atoms. The van der Waals surface area contributed by atoms with Gasteiger partial charge in [-0.2, -0.15) is 13.2 Å². The molecule has 1 saturated heterocycles. The summed E-state index contributed by atoms with van der Waals surface area (Å²) in [6, 6.07) is -0.283. The van der Waals surface area contributed by atoms with Gasteiger partial charge in [0.15, 0.2) is 0 Å². The maximum Gasteiger partial charge on any atom is 0.410 e. The summed E-state index contributed by atoms with van der Waals surface area (Å²) in [6.07, 6.45) is -2.95. The van der Waals surface area contributed by atoms with Crippen LogP contribution in [0.5, 0.6) is 0 Å². The number of hydrogen-bond acceptors (Lipinski definition) is 4. The quantitative estimate of drug-likeness (QED) is 0.381. The van der Waals surface area contributed by atoms with E-state index in [2.05, 4.69) is 11.6 Å². The minimum absolute atomic E-state index is 0.112. The minimum Gasteiger partial charge on any atom is -0.444 e. The highest BCUT2D eigenvalue weighted by molar-refractivity contribution is 6.03. The van der Waals surface area contributed by atoms with Crippen molar-refractivity contribution in [3.05, 3.63) is 35.7 Å². The molecule has 1 heterocycles. The van der Waals surface area contributed by atoms with Crippen LogP contribution < -0.4 is 0 Å². The molecule has 8 heteroatoms. The fourth-order valence-corrected chi connectivity index (χ4v) is 3.79. The smallest absolute Gasteiger partial charge is 0.410 e. The zero-order valence-electron chi connectivity index (χ0n) is 19.9. The molecule has 0 aliphatic carbocycles. The second kappa shape index (κ2) is 10.4. The summed E-state index contributed by atoms with van der Waals surface area (Å²) in [6.45, 7) is 18.9. The Bertz CT molecular complexity index is 761. The lowest BCUT2D eigenvalue weighted by molar-refractivity contribution is -0.126. The molecule has 176 valence electrons. The molecule has 0 N–H and O–H groups in total. The van der Waals surface area contributed by atoms with Gasteiger partial charge in [0.05, 0.1) is 6.42 Å². The number of carbonyl (C=O) groups is 1. The molecule has 0 aromatic carbocycles. The molecule has 1 aliphatic rings. The Hall–Kier alpha value is -2.25. The van der Waals surface area contributed by atoms with Gasteiger partial charge in [-0.25, -0.2) is 4.79 Å². The van der Waals surface area contributed by atoms with Crippen molar-refractivity contribution in [1.29, 1.82) is 0 Å². The van der Waals surface area contributed by atoms with Crippen LogP contribution in [0.25, 0.3) is 0 Å². The number of aliphatic imine (C=N–C) groups is 1. The van der Waals surface area contributed by atoms with Crippen LogP contribution in [0.1, 0.15) is 61.8 Å². The Labute approximate surface area is 184 Å². The van der Waals surface area contributed by atoms with Gasteiger partial charge in [-0.3, -0.25) is 4.99 Å². The molecule has 1 fully saturated rings. The van der Waals surface area contributed by atoms with Crippen molar-refractivity contribution >= 4 is 11.8 Å². The third kappa shape index (κ3) is 7.74. The fourth-order valence-electron chi connectivity index (χ4n) is 3.79. The van der Waals surface area contributed by atoms with E-state index in [-0.39, 0.29) is 23.8 Å². The highest BCUT2D eigenvalue weighted by Gasteiger charge is 2.36. The lowest BCUT2D eigenvalue weighted by atomic mass is 9.94. The molecule has 1 unspecified atom stereocenters. The Kier molecular flexibility index (Phi) is 8.96. The molecular weight excluding hydrogens is 407 g/mol. The molecule has 0 saturated carbocycles. The second-order valence-corrected chi connectivity index (χ2v) is 8.95. The average Bonchev–Trinajstić information content (AvgIpc) is 2.60. The van der Waals surface area contributed by atoms with Gasteiger partial charge in [0.1, 0.15) is 5.60 Å². The first-order chi connectivity index (χ1) is 14.1. The predicted molar refractivity (Wildman–Crippen MR) is 119 cm³/mol. The summed E-state index contributed by atoms with van der Waals surface area (Å²) in [4.78, 5) is 20.5. The van der Waals surface area contributed by atoms with E-state index in [4.69, 9.17) is 4.74 Å². The molecule has 1 rings (SSSR count). The first kappa shape index (κ1) is 26.8. The maximum atomic E-state index is 13.2. The largest absolute Gasteiger partial charge is 0.444 e. The number of ether oxygens (including phenoxy) is 1. The number of carbonyl (C=O) groups excluding carboxylic acids is 1. The molecule has 5 nitrogen and oxygen atoms in total. The summed E-state index contributed by atoms with van der Waals surface area (Å²) >= 11 is 0. The third-order valence-electron chi connectivity index (χ3n) is 5.11. The first-order valence-electron chi connectivity index (χ1n) is 10.5. The van der Waals surface area contributed by atoms with Crippen LogP contribution in [0.4, 0.5) is 18.0 Å². The number of allylic oxidation sites excluding steroid dienone is 4. The molecule has 0 aromatic heterocycles. The van der Waals surface area contributed by atoms with Gasteiger partial charge in [0.25, 0.3) is 0 Å². The van der Waals surface area contributed by atoms with E-state index in [1.54, 1.807) is 18.7 Å². The number of nitrogens with zero attached hydrogens (tertiary/aromatic N) is 3. The van der Waals surface area contributed by atoms with E-state index < -0.39 is 18.2 Å². The van der Waals surface area contributed by atoms with Crippen molar-refractivity contribution < 1.29 is 22.7 Å². The first-order valence-corrected chi connectivity index (χ1v) is 10.5. The van der Waals surface area contributed by atoms with Crippen LogP contribution in [-0.2, 0) is 4.74 Å². The number of rotatable bonds is 5. The van der Waals surface area contributed by atoms with E-state index in [1.807, 2.05) is 46.4 Å². The van der Waals surface area contributed by atoms with Gasteiger partial charge in [-0.1, -0.05) is 12.7 Å². The van der Waals surface area contributed by atoms with Crippen LogP contribution in [0.3, 0.4) is 0 Å². The van der Waals surface area contributed by atoms with E-state index in [0.717, 1.165) is 0 Å². The molecule has 31 heavy (non-hydrogen) atoms. The normalized spacial score (nSPS) is 22.3. The predicted octanol–water partition coefficient (Wildman–Crippen LogP) is 6.09. The number of alkyl halides is 3. The highest BCUT2D eigenvalue weighted by Crippen LogP contribution is 2.33. The molecular formula is C23H36F3N3O2. The van der Waals surface area contributed by atoms with Crippen molar-refractivity contribution in [2.75, 3.05) is 13.1 Å². The monoisotopic (exact) mass is 443 g/mol. The number of hydrogen-bond donors (Lipinski definition) is 0. The summed E-state index contributed by atoms with van der Waals surface area (Å²) in [5, 5.41) is 0. The summed E-state index contributed by atoms with van der Waals surface area (Å²) < 4.78 is 45.2. The zero-order chi connectivity index (χ0) is 24.1. The van der Waals surface area contributed by atoms with Crippen molar-refractivity contribution in [3.8, 4) is 0 Å². The van der Waals surface area contributed by atoms with Crippen LogP contribution >= 0.6 is 0 Å². The van der Waals surface area contributed by atoms with Crippen LogP contribution in [0.15, 0.2) is 40.7 Å². The van der Waals surface area contributed by atoms with Crippen LogP contribution in [0, 0.1) is 0 Å². The second-order valence-electron chi connectivity index (χ2n) is 8.95. The molecule has 2 atom stereocenters. The van der Waals surface area contributed by atoms with E-state index in [1.165, 1.54) is 12.3 Å². The van der Waals surface area contributed by atoms with Gasteiger partial charge in [0.2, 0.25) is 0 Å². The Morgan fingerprint density at radius 3 is 2.10 bits per heavy atom. The van der Waals surface area contributed by atoms with Crippen molar-refractivity contribution in [1.82, 2.24) is 9.80 Å². The summed E-state index contributed by atoms with van der Waals surface area (Å²) in [5.41, 5.74) is 1.20. The van der Waals surface area contributed by atoms with Crippen molar-refractivity contribution in [2.24, 2.45) is 4.99 Å². The molecule has 1 amide bonds. The van der Waals surface area contributed by atoms with Crippen molar-refractivity contribution in [3.63, 3.8) is 0 Å². The SMILES string of the molecule is C=CN=C(C)C(/C(=C\C)CC(F)(F)F)=C(\C)N1CC(C)N(C(=O)OC(C)(C)C)C[C@@H]1C. The standard InChI is InChI=1S/C23H36F3N3O2/c1-10-19(12-23(24,25)26)20(17(5)27-11-2)18(6)28-13-16(4)29(14-15(28)3)21(30)31-22(7,8)9/h10-11,15-16H,2,12-14H2,1,3-9H3/b19-10-,20-18-,27-17?/t15-,16?/m0/s1. The van der Waals surface area contributed by atoms with Gasteiger partial charge >= 0.3 is 12.3 Å². The van der Waals surface area contributed by atoms with Crippen molar-refractivity contribution in [2.45, 2.75) is 85.7 Å². The Morgan fingerprint density at radius 2 is 1.65 bits per heavy atom. The van der Waals surface area contributed by atoms with E-state index in [0.29, 0.717) is 30.1 Å². The molecule has 0 radical (unpaired) electrons. The third-order valence-corrected chi connectivity index (χ3v) is 5.11. The number of amides is 1. The minimum atomic E-state index is -4.34. The molecule has 1 aliphatic heterocycles. The maximum absolute atomic E-state index is 13.2. The number of halogens is 3. The topological polar surface area (TPSA) is 45.1 Å². The van der Waals surface area contributed by atoms with E-state index >= 15 is 0 Å². The average molecular weight is 444 g/mol. The fraction of sp³-hybridized carbons (Fsp3) is 0.652. The summed E-state index contributed by atoms with van der Waals surface area (Å²) in [5.74, 6) is 0. The van der Waals surface area contributed by atoms with Gasteiger partial charge < -0.3 is 14.5 Å². The Balaban J connectivity index is 3.33. The Morgan fingerprint density at radius 1 is 1.13 bits per heavy atom. The lowest BCUT2D eigenvalue weighted by Crippen LogP contribution is -2.58. The van der Waals surface area contributed by atoms with E-state index in [9.17, 15) is 18.0 Å². The molecule has 0 aromatic rings. The van der Waals surface area contributed by atoms with Crippen LogP contribution in [0.2, 0.25) is 0 Å². The lowest BCUT2D eigenvalue weighted by Gasteiger charge is -2.46. The molecule has 0 spiro atoms. The van der Waals surface area contributed by atoms with Gasteiger partial charge in [0, 0.05) is 48.4 Å². The van der Waals surface area contributed by atoms with Crippen LogP contribution in [-0.4, -0.2) is 58.6 Å². The van der Waals surface area contributed by atoms with Gasteiger partial charge in [-0.15, -0.1) is 0 Å². The zero-order valence-corrected chi connectivity index (χ0v) is 19.9. The van der Waals surface area contributed by atoms with Gasteiger partial charge in [-0.05, 0) is 61.0 Å². The highest BCUT2D eigenvalue weighted by atomic mass is 19.4. The number of piperazine rings is 1. The summed E-state index contributed by atoms with van der Waals surface area (Å²) in [7, 11) is 0.